The van der Waals surface area contributed by atoms with E-state index in [1.165, 1.54) is 49.7 Å². The summed E-state index contributed by atoms with van der Waals surface area (Å²) in [5, 5.41) is 3.30. The molecule has 120 valence electrons. The van der Waals surface area contributed by atoms with Gasteiger partial charge in [-0.15, -0.1) is 0 Å². The van der Waals surface area contributed by atoms with Crippen LogP contribution in [0.4, 0.5) is 0 Å². The molecule has 2 fully saturated rings. The minimum Gasteiger partial charge on any atom is -0.348 e. The molecule has 3 rings (SSSR count). The van der Waals surface area contributed by atoms with Gasteiger partial charge in [0.15, 0.2) is 0 Å². The van der Waals surface area contributed by atoms with Gasteiger partial charge < -0.3 is 5.32 Å². The van der Waals surface area contributed by atoms with Crippen LogP contribution in [0.5, 0.6) is 0 Å². The van der Waals surface area contributed by atoms with E-state index in [1.54, 1.807) is 0 Å². The van der Waals surface area contributed by atoms with E-state index in [1.807, 2.05) is 0 Å². The number of carbonyl (C=O) groups excluding carboxylic acids is 1. The molecule has 1 aliphatic heterocycles. The van der Waals surface area contributed by atoms with Crippen molar-refractivity contribution in [3.63, 3.8) is 0 Å². The molecule has 1 amide bonds. The number of carbonyl (C=O) groups is 1. The molecule has 1 aromatic rings. The third-order valence-corrected chi connectivity index (χ3v) is 4.91. The first-order valence-corrected chi connectivity index (χ1v) is 8.80. The van der Waals surface area contributed by atoms with Crippen molar-refractivity contribution in [2.24, 2.45) is 5.92 Å². The number of likely N-dealkylation sites (tertiary alicyclic amines) is 1. The third kappa shape index (κ3) is 4.33. The summed E-state index contributed by atoms with van der Waals surface area (Å²) in [6, 6.07) is 8.84. The molecule has 0 radical (unpaired) electrons. The van der Waals surface area contributed by atoms with E-state index < -0.39 is 0 Å². The topological polar surface area (TPSA) is 32.3 Å². The first-order valence-electron chi connectivity index (χ1n) is 8.80. The normalized spacial score (nSPS) is 21.1. The van der Waals surface area contributed by atoms with E-state index in [9.17, 15) is 4.79 Å². The van der Waals surface area contributed by atoms with Gasteiger partial charge in [0.1, 0.15) is 0 Å². The van der Waals surface area contributed by atoms with Crippen molar-refractivity contribution in [2.45, 2.75) is 51.5 Å². The van der Waals surface area contributed by atoms with Crippen LogP contribution in [0.1, 0.15) is 55.7 Å². The van der Waals surface area contributed by atoms with Gasteiger partial charge in [-0.05, 0) is 57.2 Å². The molecule has 1 N–H and O–H groups in total. The number of amides is 1. The van der Waals surface area contributed by atoms with Crippen LogP contribution in [0.3, 0.4) is 0 Å². The SMILES string of the molecule is Cc1ccc(C(NC(=O)CN2CCCCCC2)C2CC2)cc1. The number of nitrogens with zero attached hydrogens (tertiary/aromatic N) is 1. The van der Waals surface area contributed by atoms with E-state index in [2.05, 4.69) is 41.4 Å². The fourth-order valence-corrected chi connectivity index (χ4v) is 3.39. The van der Waals surface area contributed by atoms with Crippen molar-refractivity contribution in [3.8, 4) is 0 Å². The maximum absolute atomic E-state index is 12.5. The van der Waals surface area contributed by atoms with E-state index in [4.69, 9.17) is 0 Å². The molecule has 0 bridgehead atoms. The van der Waals surface area contributed by atoms with Crippen molar-refractivity contribution in [1.82, 2.24) is 10.2 Å². The van der Waals surface area contributed by atoms with Gasteiger partial charge >= 0.3 is 0 Å². The lowest BCUT2D eigenvalue weighted by molar-refractivity contribution is -0.123. The summed E-state index contributed by atoms with van der Waals surface area (Å²) in [4.78, 5) is 14.8. The monoisotopic (exact) mass is 300 g/mol. The highest BCUT2D eigenvalue weighted by molar-refractivity contribution is 5.78. The van der Waals surface area contributed by atoms with Crippen LogP contribution in [0.2, 0.25) is 0 Å². The molecule has 22 heavy (non-hydrogen) atoms. The van der Waals surface area contributed by atoms with Gasteiger partial charge in [0.25, 0.3) is 0 Å². The van der Waals surface area contributed by atoms with Crippen LogP contribution in [0.25, 0.3) is 0 Å². The predicted octanol–water partition coefficient (Wildman–Crippen LogP) is 3.44. The molecule has 1 atom stereocenters. The van der Waals surface area contributed by atoms with Crippen LogP contribution >= 0.6 is 0 Å². The predicted molar refractivity (Wildman–Crippen MR) is 89.7 cm³/mol. The molecule has 2 aliphatic rings. The number of nitrogens with one attached hydrogen (secondary N) is 1. The zero-order chi connectivity index (χ0) is 15.4. The molecule has 1 aromatic carbocycles. The standard InChI is InChI=1S/C19H28N2O/c1-15-6-8-16(9-7-15)19(17-10-11-17)20-18(22)14-21-12-4-2-3-5-13-21/h6-9,17,19H,2-5,10-14H2,1H3,(H,20,22). The summed E-state index contributed by atoms with van der Waals surface area (Å²) in [5.74, 6) is 0.829. The average molecular weight is 300 g/mol. The second kappa shape index (κ2) is 7.28. The largest absolute Gasteiger partial charge is 0.348 e. The smallest absolute Gasteiger partial charge is 0.234 e. The van der Waals surface area contributed by atoms with Gasteiger partial charge in [-0.1, -0.05) is 42.7 Å². The Balaban J connectivity index is 1.58. The zero-order valence-corrected chi connectivity index (χ0v) is 13.7. The highest BCUT2D eigenvalue weighted by Crippen LogP contribution is 2.41. The Labute approximate surface area is 134 Å². The summed E-state index contributed by atoms with van der Waals surface area (Å²) >= 11 is 0. The lowest BCUT2D eigenvalue weighted by Gasteiger charge is -2.23. The summed E-state index contributed by atoms with van der Waals surface area (Å²) in [5.41, 5.74) is 2.53. The summed E-state index contributed by atoms with van der Waals surface area (Å²) in [6.45, 7) is 4.82. The van der Waals surface area contributed by atoms with Gasteiger partial charge in [-0.2, -0.15) is 0 Å². The van der Waals surface area contributed by atoms with E-state index in [0.717, 1.165) is 13.1 Å². The van der Waals surface area contributed by atoms with Gasteiger partial charge in [0.2, 0.25) is 5.91 Å². The molecule has 1 unspecified atom stereocenters. The van der Waals surface area contributed by atoms with E-state index in [0.29, 0.717) is 12.5 Å². The molecule has 3 nitrogen and oxygen atoms in total. The number of hydrogen-bond donors (Lipinski definition) is 1. The molecule has 0 aromatic heterocycles. The van der Waals surface area contributed by atoms with Crippen LogP contribution in [-0.2, 0) is 4.79 Å². The van der Waals surface area contributed by atoms with Crippen LogP contribution in [0, 0.1) is 12.8 Å². The Morgan fingerprint density at radius 3 is 2.36 bits per heavy atom. The zero-order valence-electron chi connectivity index (χ0n) is 13.7. The third-order valence-electron chi connectivity index (χ3n) is 4.91. The molecule has 0 spiro atoms. The number of benzene rings is 1. The fourth-order valence-electron chi connectivity index (χ4n) is 3.39. The Kier molecular flexibility index (Phi) is 5.14. The molecular formula is C19H28N2O. The summed E-state index contributed by atoms with van der Waals surface area (Å²) in [7, 11) is 0. The molecule has 1 aliphatic carbocycles. The first kappa shape index (κ1) is 15.5. The highest BCUT2D eigenvalue weighted by Gasteiger charge is 2.33. The Bertz CT molecular complexity index is 485. The molecule has 3 heteroatoms. The maximum Gasteiger partial charge on any atom is 0.234 e. The fraction of sp³-hybridized carbons (Fsp3) is 0.632. The second-order valence-corrected chi connectivity index (χ2v) is 6.98. The van der Waals surface area contributed by atoms with E-state index in [-0.39, 0.29) is 11.9 Å². The average Bonchev–Trinajstić information content (AvgIpc) is 3.34. The molecule has 1 saturated heterocycles. The molecule has 1 heterocycles. The van der Waals surface area contributed by atoms with Crippen LogP contribution in [-0.4, -0.2) is 30.4 Å². The molecular weight excluding hydrogens is 272 g/mol. The minimum absolute atomic E-state index is 0.194. The van der Waals surface area contributed by atoms with Crippen molar-refractivity contribution >= 4 is 5.91 Å². The highest BCUT2D eigenvalue weighted by atomic mass is 16.2. The summed E-state index contributed by atoms with van der Waals surface area (Å²) < 4.78 is 0. The van der Waals surface area contributed by atoms with Crippen molar-refractivity contribution < 1.29 is 4.79 Å². The van der Waals surface area contributed by atoms with Gasteiger partial charge in [0, 0.05) is 0 Å². The van der Waals surface area contributed by atoms with Crippen LogP contribution in [0.15, 0.2) is 24.3 Å². The van der Waals surface area contributed by atoms with Crippen molar-refractivity contribution in [2.75, 3.05) is 19.6 Å². The van der Waals surface area contributed by atoms with Crippen LogP contribution < -0.4 is 5.32 Å². The molecule has 1 saturated carbocycles. The lowest BCUT2D eigenvalue weighted by atomic mass is 10.0. The Morgan fingerprint density at radius 2 is 1.77 bits per heavy atom. The van der Waals surface area contributed by atoms with Crippen molar-refractivity contribution in [3.05, 3.63) is 35.4 Å². The van der Waals surface area contributed by atoms with E-state index >= 15 is 0 Å². The van der Waals surface area contributed by atoms with Gasteiger partial charge in [-0.25, -0.2) is 0 Å². The Morgan fingerprint density at radius 1 is 1.14 bits per heavy atom. The lowest BCUT2D eigenvalue weighted by Crippen LogP contribution is -2.39. The van der Waals surface area contributed by atoms with Gasteiger partial charge in [-0.3, -0.25) is 9.69 Å². The van der Waals surface area contributed by atoms with Gasteiger partial charge in [0.05, 0.1) is 12.6 Å². The van der Waals surface area contributed by atoms with Crippen molar-refractivity contribution in [1.29, 1.82) is 0 Å². The maximum atomic E-state index is 12.5. The second-order valence-electron chi connectivity index (χ2n) is 6.98. The summed E-state index contributed by atoms with van der Waals surface area (Å²) in [6.07, 6.45) is 7.57. The number of aryl methyl sites for hydroxylation is 1. The number of hydrogen-bond acceptors (Lipinski definition) is 2. The first-order chi connectivity index (χ1) is 10.7. The Hall–Kier alpha value is -1.35. The minimum atomic E-state index is 0.194. The quantitative estimate of drug-likeness (QED) is 0.903. The number of rotatable bonds is 5.